The van der Waals surface area contributed by atoms with Crippen LogP contribution in [0.1, 0.15) is 38.5 Å². The Balaban J connectivity index is 1.98. The van der Waals surface area contributed by atoms with Gasteiger partial charge < -0.3 is 0 Å². The van der Waals surface area contributed by atoms with Gasteiger partial charge >= 0.3 is 0 Å². The van der Waals surface area contributed by atoms with E-state index in [2.05, 4.69) is 0 Å². The molecule has 0 aromatic rings. The molecule has 12 heavy (non-hydrogen) atoms. The third-order valence-corrected chi connectivity index (χ3v) is 3.87. The third kappa shape index (κ3) is 1.28. The molecule has 0 amide bonds. The van der Waals surface area contributed by atoms with Crippen LogP contribution in [0.2, 0.25) is 0 Å². The molecule has 2 aliphatic rings. The van der Waals surface area contributed by atoms with Crippen LogP contribution in [0.5, 0.6) is 0 Å². The first-order valence-corrected chi connectivity index (χ1v) is 5.42. The summed E-state index contributed by atoms with van der Waals surface area (Å²) in [6.45, 7) is 0. The van der Waals surface area contributed by atoms with E-state index in [1.165, 1.54) is 32.1 Å². The maximum Gasteiger partial charge on any atom is 0.154 e. The fraction of sp³-hybridized carbons (Fsp3) is 0.900. The molecule has 2 fully saturated rings. The molecule has 0 aliphatic heterocycles. The number of rotatable bonds is 0. The van der Waals surface area contributed by atoms with Gasteiger partial charge in [0.25, 0.3) is 0 Å². The molecule has 1 nitrogen and oxygen atoms in total. The normalized spacial score (nSPS) is 42.4. The van der Waals surface area contributed by atoms with E-state index < -0.39 is 0 Å². The Bertz CT molecular complexity index is 190. The summed E-state index contributed by atoms with van der Waals surface area (Å²) in [4.78, 5) is 11.3. The van der Waals surface area contributed by atoms with Crippen molar-refractivity contribution in [2.24, 2.45) is 11.8 Å². The van der Waals surface area contributed by atoms with Gasteiger partial charge in [-0.1, -0.05) is 25.7 Å². The second-order valence-corrected chi connectivity index (χ2v) is 4.54. The van der Waals surface area contributed by atoms with E-state index in [0.29, 0.717) is 17.6 Å². The fourth-order valence-corrected chi connectivity index (χ4v) is 2.98. The van der Waals surface area contributed by atoms with Gasteiger partial charge in [-0.05, 0) is 18.8 Å². The minimum atomic E-state index is -0.131. The maximum absolute atomic E-state index is 11.3. The summed E-state index contributed by atoms with van der Waals surface area (Å²) in [6, 6.07) is 0. The number of halogens is 1. The van der Waals surface area contributed by atoms with Gasteiger partial charge in [-0.3, -0.25) is 4.79 Å². The Kier molecular flexibility index (Phi) is 2.40. The Morgan fingerprint density at radius 2 is 1.75 bits per heavy atom. The van der Waals surface area contributed by atoms with Crippen molar-refractivity contribution in [2.45, 2.75) is 43.9 Å². The zero-order valence-electron chi connectivity index (χ0n) is 7.26. The summed E-state index contributed by atoms with van der Waals surface area (Å²) in [6.07, 6.45) is 7.44. The number of ketones is 1. The molecule has 0 aromatic carbocycles. The second-order valence-electron chi connectivity index (χ2n) is 4.07. The lowest BCUT2D eigenvalue weighted by molar-refractivity contribution is -0.134. The highest BCUT2D eigenvalue weighted by Crippen LogP contribution is 2.43. The van der Waals surface area contributed by atoms with Gasteiger partial charge in [-0.25, -0.2) is 0 Å². The molecule has 2 heteroatoms. The van der Waals surface area contributed by atoms with Crippen LogP contribution in [0.4, 0.5) is 0 Å². The van der Waals surface area contributed by atoms with Crippen molar-refractivity contribution < 1.29 is 4.79 Å². The van der Waals surface area contributed by atoms with Gasteiger partial charge in [0.1, 0.15) is 0 Å². The van der Waals surface area contributed by atoms with E-state index in [-0.39, 0.29) is 5.38 Å². The van der Waals surface area contributed by atoms with Crippen molar-refractivity contribution in [3.63, 3.8) is 0 Å². The zero-order chi connectivity index (χ0) is 8.55. The first-order chi connectivity index (χ1) is 5.80. The standard InChI is InChI=1S/C10H15ClO/c11-9-7-5-3-1-2-4-6-8(7)10(9)12/h7-9H,1-6H2/t7-,8+,9-/m1/s1. The number of alkyl halides is 1. The minimum absolute atomic E-state index is 0.131. The zero-order valence-corrected chi connectivity index (χ0v) is 8.02. The summed E-state index contributed by atoms with van der Waals surface area (Å²) in [5.41, 5.74) is 0. The second kappa shape index (κ2) is 3.37. The van der Waals surface area contributed by atoms with E-state index in [0.717, 1.165) is 6.42 Å². The van der Waals surface area contributed by atoms with Crippen LogP contribution in [-0.2, 0) is 4.79 Å². The summed E-state index contributed by atoms with van der Waals surface area (Å²) in [7, 11) is 0. The van der Waals surface area contributed by atoms with Crippen LogP contribution in [0, 0.1) is 11.8 Å². The van der Waals surface area contributed by atoms with Crippen molar-refractivity contribution in [3.8, 4) is 0 Å². The first kappa shape index (κ1) is 8.55. The topological polar surface area (TPSA) is 17.1 Å². The van der Waals surface area contributed by atoms with Gasteiger partial charge in [-0.15, -0.1) is 11.6 Å². The highest BCUT2D eigenvalue weighted by atomic mass is 35.5. The molecular weight excluding hydrogens is 172 g/mol. The molecule has 0 radical (unpaired) electrons. The molecule has 0 heterocycles. The molecule has 2 saturated carbocycles. The van der Waals surface area contributed by atoms with Crippen molar-refractivity contribution in [3.05, 3.63) is 0 Å². The van der Waals surface area contributed by atoms with Crippen LogP contribution in [0.15, 0.2) is 0 Å². The lowest BCUT2D eigenvalue weighted by atomic mass is 9.66. The van der Waals surface area contributed by atoms with Crippen molar-refractivity contribution >= 4 is 17.4 Å². The van der Waals surface area contributed by atoms with E-state index in [1.807, 2.05) is 0 Å². The lowest BCUT2D eigenvalue weighted by Gasteiger charge is -2.41. The third-order valence-electron chi connectivity index (χ3n) is 3.33. The molecule has 0 bridgehead atoms. The van der Waals surface area contributed by atoms with Crippen LogP contribution in [0.25, 0.3) is 0 Å². The molecule has 2 aliphatic carbocycles. The molecule has 0 unspecified atom stereocenters. The molecule has 68 valence electrons. The monoisotopic (exact) mass is 186 g/mol. The van der Waals surface area contributed by atoms with Crippen LogP contribution in [0.3, 0.4) is 0 Å². The summed E-state index contributed by atoms with van der Waals surface area (Å²) in [5.74, 6) is 1.19. The molecule has 0 saturated heterocycles. The van der Waals surface area contributed by atoms with Gasteiger partial charge in [-0.2, -0.15) is 0 Å². The molecule has 3 atom stereocenters. The number of carbonyl (C=O) groups excluding carboxylic acids is 1. The highest BCUT2D eigenvalue weighted by molar-refractivity contribution is 6.34. The van der Waals surface area contributed by atoms with E-state index >= 15 is 0 Å². The maximum atomic E-state index is 11.3. The Morgan fingerprint density at radius 3 is 2.50 bits per heavy atom. The highest BCUT2D eigenvalue weighted by Gasteiger charge is 2.47. The average molecular weight is 187 g/mol. The molecular formula is C10H15ClO. The number of hydrogen-bond acceptors (Lipinski definition) is 1. The SMILES string of the molecule is O=C1[C@H]2CCCCCC[C@H]2[C@H]1Cl. The largest absolute Gasteiger partial charge is 0.298 e. The van der Waals surface area contributed by atoms with Crippen molar-refractivity contribution in [1.82, 2.24) is 0 Å². The van der Waals surface area contributed by atoms with Gasteiger partial charge in [0, 0.05) is 5.92 Å². The predicted octanol–water partition coefficient (Wildman–Crippen LogP) is 2.76. The quantitative estimate of drug-likeness (QED) is 0.532. The van der Waals surface area contributed by atoms with E-state index in [1.54, 1.807) is 0 Å². The van der Waals surface area contributed by atoms with Crippen molar-refractivity contribution in [2.75, 3.05) is 0 Å². The van der Waals surface area contributed by atoms with Crippen LogP contribution < -0.4 is 0 Å². The summed E-state index contributed by atoms with van der Waals surface area (Å²) >= 11 is 5.95. The number of fused-ring (bicyclic) bond motifs is 1. The Hall–Kier alpha value is -0.0400. The molecule has 0 spiro atoms. The average Bonchev–Trinajstić information content (AvgIpc) is 2.04. The minimum Gasteiger partial charge on any atom is -0.298 e. The molecule has 0 N–H and O–H groups in total. The number of Topliss-reactive ketones (excluding diaryl/α,β-unsaturated/α-hetero) is 1. The fourth-order valence-electron chi connectivity index (χ4n) is 2.51. The molecule has 2 rings (SSSR count). The van der Waals surface area contributed by atoms with Gasteiger partial charge in [0.2, 0.25) is 0 Å². The first-order valence-electron chi connectivity index (χ1n) is 4.98. The summed E-state index contributed by atoms with van der Waals surface area (Å²) in [5, 5.41) is -0.131. The van der Waals surface area contributed by atoms with Gasteiger partial charge in [0.15, 0.2) is 5.78 Å². The van der Waals surface area contributed by atoms with E-state index in [9.17, 15) is 4.79 Å². The number of carbonyl (C=O) groups is 1. The van der Waals surface area contributed by atoms with Crippen LogP contribution in [-0.4, -0.2) is 11.2 Å². The van der Waals surface area contributed by atoms with Crippen LogP contribution >= 0.6 is 11.6 Å². The summed E-state index contributed by atoms with van der Waals surface area (Å²) < 4.78 is 0. The lowest BCUT2D eigenvalue weighted by Crippen LogP contribution is -2.49. The van der Waals surface area contributed by atoms with Gasteiger partial charge in [0.05, 0.1) is 5.38 Å². The Labute approximate surface area is 78.5 Å². The smallest absolute Gasteiger partial charge is 0.154 e. The molecule has 0 aromatic heterocycles. The number of hydrogen-bond donors (Lipinski definition) is 0. The Morgan fingerprint density at radius 1 is 1.08 bits per heavy atom. The van der Waals surface area contributed by atoms with E-state index in [4.69, 9.17) is 11.6 Å². The van der Waals surface area contributed by atoms with Crippen molar-refractivity contribution in [1.29, 1.82) is 0 Å². The predicted molar refractivity (Wildman–Crippen MR) is 49.3 cm³/mol.